The molecule has 0 unspecified atom stereocenters. The summed E-state index contributed by atoms with van der Waals surface area (Å²) in [6, 6.07) is 12.6. The Kier molecular flexibility index (Phi) is 6.25. The number of nitrogens with zero attached hydrogens (tertiary/aromatic N) is 7. The number of piperidine rings is 1. The van der Waals surface area contributed by atoms with Crippen LogP contribution in [-0.2, 0) is 6.54 Å². The van der Waals surface area contributed by atoms with E-state index in [2.05, 4.69) is 56.9 Å². The van der Waals surface area contributed by atoms with Gasteiger partial charge in [0.25, 0.3) is 0 Å². The highest BCUT2D eigenvalue weighted by atomic mass is 15.3. The van der Waals surface area contributed by atoms with Gasteiger partial charge in [0.15, 0.2) is 0 Å². The lowest BCUT2D eigenvalue weighted by Crippen LogP contribution is -2.46. The molecule has 2 aliphatic rings. The van der Waals surface area contributed by atoms with Gasteiger partial charge in [-0.25, -0.2) is 19.9 Å². The molecule has 0 saturated carbocycles. The van der Waals surface area contributed by atoms with E-state index in [4.69, 9.17) is 15.0 Å². The van der Waals surface area contributed by atoms with Crippen molar-refractivity contribution in [1.82, 2.24) is 24.8 Å². The van der Waals surface area contributed by atoms with Crippen molar-refractivity contribution >= 4 is 11.9 Å². The second kappa shape index (κ2) is 9.61. The van der Waals surface area contributed by atoms with Crippen LogP contribution in [0.4, 0.5) is 11.9 Å². The zero-order valence-corrected chi connectivity index (χ0v) is 18.8. The fraction of sp³-hybridized carbons (Fsp3) is 0.440. The van der Waals surface area contributed by atoms with E-state index in [-0.39, 0.29) is 0 Å². The smallest absolute Gasteiger partial charge is 0.225 e. The van der Waals surface area contributed by atoms with Crippen LogP contribution in [0.5, 0.6) is 0 Å². The summed E-state index contributed by atoms with van der Waals surface area (Å²) in [5.74, 6) is 1.64. The highest BCUT2D eigenvalue weighted by Gasteiger charge is 2.20. The van der Waals surface area contributed by atoms with Crippen LogP contribution in [0.3, 0.4) is 0 Å². The molecule has 7 nitrogen and oxygen atoms in total. The third-order valence-corrected chi connectivity index (χ3v) is 6.43. The van der Waals surface area contributed by atoms with Gasteiger partial charge < -0.3 is 9.80 Å². The summed E-state index contributed by atoms with van der Waals surface area (Å²) >= 11 is 0. The maximum Gasteiger partial charge on any atom is 0.225 e. The molecule has 166 valence electrons. The number of piperazine rings is 1. The van der Waals surface area contributed by atoms with E-state index < -0.39 is 0 Å². The van der Waals surface area contributed by atoms with Crippen LogP contribution < -0.4 is 9.80 Å². The Morgan fingerprint density at radius 1 is 0.750 bits per heavy atom. The van der Waals surface area contributed by atoms with E-state index in [1.807, 2.05) is 18.5 Å². The molecule has 0 radical (unpaired) electrons. The first-order valence-corrected chi connectivity index (χ1v) is 11.7. The number of aromatic nitrogens is 4. The van der Waals surface area contributed by atoms with Gasteiger partial charge in [-0.15, -0.1) is 0 Å². The van der Waals surface area contributed by atoms with Crippen molar-refractivity contribution in [2.75, 3.05) is 49.1 Å². The standard InChI is InChI=1S/C25H31N7/c1-20-22(23-10-11-26-24(29-23)31-12-6-3-7-13-31)18-27-25(28-20)32-16-14-30(15-17-32)19-21-8-4-2-5-9-21/h2,4-5,8-11,18H,3,6-7,12-17,19H2,1H3. The normalized spacial score (nSPS) is 17.5. The Labute approximate surface area is 190 Å². The molecule has 0 amide bonds. The van der Waals surface area contributed by atoms with Crippen molar-refractivity contribution in [2.45, 2.75) is 32.7 Å². The first kappa shape index (κ1) is 20.8. The first-order valence-electron chi connectivity index (χ1n) is 11.7. The van der Waals surface area contributed by atoms with E-state index in [9.17, 15) is 0 Å². The lowest BCUT2D eigenvalue weighted by Gasteiger charge is -2.34. The number of anilines is 2. The fourth-order valence-corrected chi connectivity index (χ4v) is 4.55. The van der Waals surface area contributed by atoms with E-state index >= 15 is 0 Å². The predicted molar refractivity (Wildman–Crippen MR) is 128 cm³/mol. The van der Waals surface area contributed by atoms with Crippen LogP contribution in [-0.4, -0.2) is 64.1 Å². The van der Waals surface area contributed by atoms with Crippen molar-refractivity contribution in [3.05, 3.63) is 60.0 Å². The molecule has 2 saturated heterocycles. The highest BCUT2D eigenvalue weighted by molar-refractivity contribution is 5.62. The van der Waals surface area contributed by atoms with Gasteiger partial charge in [0.05, 0.1) is 11.4 Å². The summed E-state index contributed by atoms with van der Waals surface area (Å²) in [7, 11) is 0. The SMILES string of the molecule is Cc1nc(N2CCN(Cc3ccccc3)CC2)ncc1-c1ccnc(N2CCCCC2)n1. The molecule has 7 heteroatoms. The fourth-order valence-electron chi connectivity index (χ4n) is 4.55. The predicted octanol–water partition coefficient (Wildman–Crippen LogP) is 3.55. The monoisotopic (exact) mass is 429 g/mol. The van der Waals surface area contributed by atoms with E-state index in [1.54, 1.807) is 0 Å². The minimum Gasteiger partial charge on any atom is -0.341 e. The van der Waals surface area contributed by atoms with Gasteiger partial charge >= 0.3 is 0 Å². The Hall–Kier alpha value is -3.06. The number of aryl methyl sites for hydroxylation is 1. The molecule has 3 aromatic rings. The average Bonchev–Trinajstić information content (AvgIpc) is 2.86. The largest absolute Gasteiger partial charge is 0.341 e. The molecule has 1 aromatic carbocycles. The van der Waals surface area contributed by atoms with Crippen LogP contribution in [0.2, 0.25) is 0 Å². The quantitative estimate of drug-likeness (QED) is 0.615. The maximum absolute atomic E-state index is 4.85. The Morgan fingerprint density at radius 2 is 1.47 bits per heavy atom. The minimum absolute atomic E-state index is 0.816. The third kappa shape index (κ3) is 4.72. The molecule has 0 spiro atoms. The summed E-state index contributed by atoms with van der Waals surface area (Å²) < 4.78 is 0. The number of rotatable bonds is 5. The lowest BCUT2D eigenvalue weighted by atomic mass is 10.1. The van der Waals surface area contributed by atoms with Crippen LogP contribution in [0.25, 0.3) is 11.3 Å². The second-order valence-corrected chi connectivity index (χ2v) is 8.71. The zero-order chi connectivity index (χ0) is 21.8. The van der Waals surface area contributed by atoms with Crippen molar-refractivity contribution in [3.63, 3.8) is 0 Å². The number of benzene rings is 1. The summed E-state index contributed by atoms with van der Waals surface area (Å²) in [6.45, 7) is 9.04. The molecule has 0 atom stereocenters. The molecule has 2 fully saturated rings. The maximum atomic E-state index is 4.85. The average molecular weight is 430 g/mol. The molecular formula is C25H31N7. The van der Waals surface area contributed by atoms with Gasteiger partial charge in [-0.3, -0.25) is 4.90 Å². The second-order valence-electron chi connectivity index (χ2n) is 8.71. The van der Waals surface area contributed by atoms with E-state index in [0.29, 0.717) is 0 Å². The molecule has 5 rings (SSSR count). The molecule has 2 aliphatic heterocycles. The summed E-state index contributed by atoms with van der Waals surface area (Å²) in [5, 5.41) is 0. The van der Waals surface area contributed by atoms with Crippen molar-refractivity contribution in [3.8, 4) is 11.3 Å². The van der Waals surface area contributed by atoms with Crippen LogP contribution in [0.15, 0.2) is 48.8 Å². The summed E-state index contributed by atoms with van der Waals surface area (Å²) in [5.41, 5.74) is 4.21. The topological polar surface area (TPSA) is 61.3 Å². The molecule has 32 heavy (non-hydrogen) atoms. The molecule has 0 N–H and O–H groups in total. The highest BCUT2D eigenvalue weighted by Crippen LogP contribution is 2.24. The molecular weight excluding hydrogens is 398 g/mol. The third-order valence-electron chi connectivity index (χ3n) is 6.43. The van der Waals surface area contributed by atoms with Gasteiger partial charge in [0, 0.05) is 63.8 Å². The Balaban J connectivity index is 1.25. The van der Waals surface area contributed by atoms with Crippen LogP contribution in [0, 0.1) is 6.92 Å². The lowest BCUT2D eigenvalue weighted by molar-refractivity contribution is 0.248. The van der Waals surface area contributed by atoms with Crippen molar-refractivity contribution < 1.29 is 0 Å². The minimum atomic E-state index is 0.816. The molecule has 2 aromatic heterocycles. The molecule has 0 aliphatic carbocycles. The van der Waals surface area contributed by atoms with Gasteiger partial charge in [-0.2, -0.15) is 0 Å². The van der Waals surface area contributed by atoms with E-state index in [1.165, 1.54) is 24.8 Å². The summed E-state index contributed by atoms with van der Waals surface area (Å²) in [6.07, 6.45) is 7.50. The zero-order valence-electron chi connectivity index (χ0n) is 18.8. The van der Waals surface area contributed by atoms with Gasteiger partial charge in [0.1, 0.15) is 0 Å². The van der Waals surface area contributed by atoms with Crippen LogP contribution in [0.1, 0.15) is 30.5 Å². The van der Waals surface area contributed by atoms with E-state index in [0.717, 1.165) is 74.7 Å². The Morgan fingerprint density at radius 3 is 2.22 bits per heavy atom. The number of hydrogen-bond donors (Lipinski definition) is 0. The first-order chi connectivity index (χ1) is 15.8. The van der Waals surface area contributed by atoms with Gasteiger partial charge in [-0.05, 0) is 37.8 Å². The number of hydrogen-bond acceptors (Lipinski definition) is 7. The van der Waals surface area contributed by atoms with Gasteiger partial charge in [-0.1, -0.05) is 30.3 Å². The molecule has 0 bridgehead atoms. The van der Waals surface area contributed by atoms with Crippen molar-refractivity contribution in [2.24, 2.45) is 0 Å². The van der Waals surface area contributed by atoms with Gasteiger partial charge in [0.2, 0.25) is 11.9 Å². The Bertz CT molecular complexity index is 1030. The van der Waals surface area contributed by atoms with Crippen LogP contribution >= 0.6 is 0 Å². The van der Waals surface area contributed by atoms with Crippen molar-refractivity contribution in [1.29, 1.82) is 0 Å². The summed E-state index contributed by atoms with van der Waals surface area (Å²) in [4.78, 5) is 26.0. The molecule has 4 heterocycles.